The lowest BCUT2D eigenvalue weighted by atomic mass is 9.80. The molecule has 3 aromatic carbocycles. The number of hydrogen-bond donors (Lipinski definition) is 1. The van der Waals surface area contributed by atoms with E-state index in [4.69, 9.17) is 0 Å². The molecule has 1 N–H and O–H groups in total. The minimum Gasteiger partial charge on any atom is -0.361 e. The highest BCUT2D eigenvalue weighted by molar-refractivity contribution is 6.04. The second-order valence-electron chi connectivity index (χ2n) is 8.13. The van der Waals surface area contributed by atoms with E-state index in [1.807, 2.05) is 12.1 Å². The van der Waals surface area contributed by atoms with Crippen LogP contribution in [-0.2, 0) is 4.79 Å². The van der Waals surface area contributed by atoms with E-state index in [9.17, 15) is 4.79 Å². The van der Waals surface area contributed by atoms with Crippen LogP contribution in [0.15, 0.2) is 79.0 Å². The Labute approximate surface area is 170 Å². The molecule has 0 saturated heterocycles. The van der Waals surface area contributed by atoms with Crippen LogP contribution in [0.1, 0.15) is 36.4 Å². The number of para-hydroxylation sites is 2. The van der Waals surface area contributed by atoms with Gasteiger partial charge in [0.1, 0.15) is 0 Å². The number of nitrogens with zero attached hydrogens (tertiary/aromatic N) is 1. The van der Waals surface area contributed by atoms with Crippen LogP contribution in [0.5, 0.6) is 0 Å². The minimum atomic E-state index is -0.120. The van der Waals surface area contributed by atoms with Crippen LogP contribution in [0.3, 0.4) is 0 Å². The summed E-state index contributed by atoms with van der Waals surface area (Å²) in [5.74, 6) is 0.398. The third-order valence-corrected chi connectivity index (χ3v) is 6.58. The molecule has 29 heavy (non-hydrogen) atoms. The normalized spacial score (nSPS) is 18.2. The van der Waals surface area contributed by atoms with Gasteiger partial charge in [-0.2, -0.15) is 0 Å². The summed E-state index contributed by atoms with van der Waals surface area (Å²) in [7, 11) is 0. The Morgan fingerprint density at radius 3 is 2.38 bits per heavy atom. The first-order chi connectivity index (χ1) is 14.3. The second kappa shape index (κ2) is 6.35. The van der Waals surface area contributed by atoms with Crippen molar-refractivity contribution >= 4 is 22.5 Å². The smallest absolute Gasteiger partial charge is 0.230 e. The van der Waals surface area contributed by atoms with E-state index in [1.54, 1.807) is 0 Å². The number of anilines is 1. The fourth-order valence-electron chi connectivity index (χ4n) is 4.90. The monoisotopic (exact) mass is 378 g/mol. The van der Waals surface area contributed by atoms with E-state index >= 15 is 0 Å². The second-order valence-corrected chi connectivity index (χ2v) is 8.13. The topological polar surface area (TPSA) is 36.1 Å². The number of aromatic nitrogens is 1. The van der Waals surface area contributed by atoms with Gasteiger partial charge in [0.2, 0.25) is 5.91 Å². The summed E-state index contributed by atoms with van der Waals surface area (Å²) >= 11 is 0. The van der Waals surface area contributed by atoms with E-state index in [2.05, 4.69) is 76.7 Å². The van der Waals surface area contributed by atoms with Crippen LogP contribution in [0.25, 0.3) is 22.0 Å². The van der Waals surface area contributed by atoms with Crippen LogP contribution in [0.2, 0.25) is 0 Å². The molecule has 1 saturated carbocycles. The summed E-state index contributed by atoms with van der Waals surface area (Å²) in [5, 5.41) is 1.18. The number of carbonyl (C=O) groups is 1. The zero-order chi connectivity index (χ0) is 19.4. The Morgan fingerprint density at radius 1 is 0.828 bits per heavy atom. The minimum absolute atomic E-state index is 0.120. The first kappa shape index (κ1) is 16.6. The molecule has 3 nitrogen and oxygen atoms in total. The van der Waals surface area contributed by atoms with E-state index in [1.165, 1.54) is 16.5 Å². The maximum atomic E-state index is 13.7. The van der Waals surface area contributed by atoms with Gasteiger partial charge >= 0.3 is 0 Å². The van der Waals surface area contributed by atoms with Gasteiger partial charge in [-0.1, -0.05) is 67.1 Å². The van der Waals surface area contributed by atoms with Gasteiger partial charge in [0, 0.05) is 34.1 Å². The Bertz CT molecular complexity index is 1230. The van der Waals surface area contributed by atoms with Gasteiger partial charge in [-0.25, -0.2) is 0 Å². The molecule has 0 spiro atoms. The van der Waals surface area contributed by atoms with E-state index in [-0.39, 0.29) is 17.9 Å². The molecule has 1 aromatic heterocycles. The van der Waals surface area contributed by atoms with Gasteiger partial charge in [-0.05, 0) is 36.1 Å². The van der Waals surface area contributed by atoms with Crippen molar-refractivity contribution in [3.8, 4) is 11.1 Å². The zero-order valence-corrected chi connectivity index (χ0v) is 16.1. The molecule has 1 aliphatic heterocycles. The number of rotatable bonds is 2. The lowest BCUT2D eigenvalue weighted by Crippen LogP contribution is -2.43. The van der Waals surface area contributed by atoms with Crippen LogP contribution >= 0.6 is 0 Å². The average molecular weight is 378 g/mol. The first-order valence-electron chi connectivity index (χ1n) is 10.4. The van der Waals surface area contributed by atoms with Crippen LogP contribution in [0, 0.1) is 5.92 Å². The third kappa shape index (κ3) is 2.40. The third-order valence-electron chi connectivity index (χ3n) is 6.58. The number of nitrogens with one attached hydrogen (secondary N) is 1. The number of H-pyrrole nitrogens is 1. The molecule has 6 rings (SSSR count). The number of hydrogen-bond acceptors (Lipinski definition) is 1. The van der Waals surface area contributed by atoms with Gasteiger partial charge < -0.3 is 4.98 Å². The highest BCUT2D eigenvalue weighted by Gasteiger charge is 2.40. The fourth-order valence-corrected chi connectivity index (χ4v) is 4.90. The summed E-state index contributed by atoms with van der Waals surface area (Å²) in [6, 6.07) is 25.1. The van der Waals surface area contributed by atoms with Crippen LogP contribution in [-0.4, -0.2) is 10.9 Å². The Kier molecular flexibility index (Phi) is 3.63. The largest absolute Gasteiger partial charge is 0.361 e. The fraction of sp³-hybridized carbons (Fsp3) is 0.192. The molecule has 1 unspecified atom stereocenters. The average Bonchev–Trinajstić information content (AvgIpc) is 3.15. The van der Waals surface area contributed by atoms with E-state index in [0.717, 1.165) is 41.6 Å². The van der Waals surface area contributed by atoms with Crippen molar-refractivity contribution < 1.29 is 4.79 Å². The SMILES string of the molecule is O=C(C1CCC1)N1c2ccccc2-c2ccccc2C1c1c[nH]c2ccccc12. The quantitative estimate of drug-likeness (QED) is 0.451. The summed E-state index contributed by atoms with van der Waals surface area (Å²) in [4.78, 5) is 19.2. The van der Waals surface area contributed by atoms with Gasteiger partial charge in [-0.15, -0.1) is 0 Å². The summed E-state index contributed by atoms with van der Waals surface area (Å²) < 4.78 is 0. The maximum Gasteiger partial charge on any atom is 0.230 e. The highest BCUT2D eigenvalue weighted by Crippen LogP contribution is 2.49. The Hall–Kier alpha value is -3.33. The van der Waals surface area contributed by atoms with E-state index < -0.39 is 0 Å². The highest BCUT2D eigenvalue weighted by atomic mass is 16.2. The molecule has 0 radical (unpaired) electrons. The molecule has 1 aliphatic carbocycles. The molecule has 3 heteroatoms. The molecule has 1 amide bonds. The molecule has 142 valence electrons. The van der Waals surface area contributed by atoms with Crippen molar-refractivity contribution in [2.45, 2.75) is 25.3 Å². The molecule has 1 atom stereocenters. The number of benzene rings is 3. The molecule has 4 aromatic rings. The van der Waals surface area contributed by atoms with Crippen molar-refractivity contribution in [2.75, 3.05) is 4.90 Å². The van der Waals surface area contributed by atoms with Crippen LogP contribution < -0.4 is 4.90 Å². The molecular weight excluding hydrogens is 356 g/mol. The lowest BCUT2D eigenvalue weighted by molar-refractivity contribution is -0.125. The predicted octanol–water partition coefficient (Wildman–Crippen LogP) is 6.07. The predicted molar refractivity (Wildman–Crippen MR) is 117 cm³/mol. The summed E-state index contributed by atoms with van der Waals surface area (Å²) in [6.45, 7) is 0. The number of aromatic amines is 1. The maximum absolute atomic E-state index is 13.7. The van der Waals surface area contributed by atoms with Crippen LogP contribution in [0.4, 0.5) is 5.69 Å². The van der Waals surface area contributed by atoms with Gasteiger partial charge in [0.25, 0.3) is 0 Å². The van der Waals surface area contributed by atoms with Crippen molar-refractivity contribution in [1.29, 1.82) is 0 Å². The zero-order valence-electron chi connectivity index (χ0n) is 16.1. The molecular formula is C26H22N2O. The van der Waals surface area contributed by atoms with Gasteiger partial charge in [0.15, 0.2) is 0 Å². The summed E-state index contributed by atoms with van der Waals surface area (Å²) in [5.41, 5.74) is 6.86. The molecule has 1 fully saturated rings. The van der Waals surface area contributed by atoms with Gasteiger partial charge in [0.05, 0.1) is 11.7 Å². The molecule has 2 heterocycles. The molecule has 0 bridgehead atoms. The van der Waals surface area contributed by atoms with Crippen molar-refractivity contribution in [3.63, 3.8) is 0 Å². The summed E-state index contributed by atoms with van der Waals surface area (Å²) in [6.07, 6.45) is 5.24. The van der Waals surface area contributed by atoms with Crippen molar-refractivity contribution in [2.24, 2.45) is 5.92 Å². The number of fused-ring (bicyclic) bond motifs is 4. The van der Waals surface area contributed by atoms with Crippen molar-refractivity contribution in [1.82, 2.24) is 4.98 Å². The van der Waals surface area contributed by atoms with Gasteiger partial charge in [-0.3, -0.25) is 9.69 Å². The molecule has 2 aliphatic rings. The first-order valence-corrected chi connectivity index (χ1v) is 10.4. The lowest BCUT2D eigenvalue weighted by Gasteiger charge is -2.42. The standard InChI is InChI=1S/C26H22N2O/c29-26(17-8-7-9-17)28-24-15-6-4-12-20(24)18-10-1-2-13-21(18)25(28)22-16-27-23-14-5-3-11-19(22)23/h1-6,10-17,25,27H,7-9H2. The number of amides is 1. The Morgan fingerprint density at radius 2 is 1.55 bits per heavy atom. The Balaban J connectivity index is 1.64. The van der Waals surface area contributed by atoms with Crippen molar-refractivity contribution in [3.05, 3.63) is 90.1 Å². The number of carbonyl (C=O) groups excluding carboxylic acids is 1. The van der Waals surface area contributed by atoms with E-state index in [0.29, 0.717) is 0 Å².